The summed E-state index contributed by atoms with van der Waals surface area (Å²) in [5.74, 6) is 1.18. The van der Waals surface area contributed by atoms with Crippen molar-refractivity contribution in [2.45, 2.75) is 44.2 Å². The van der Waals surface area contributed by atoms with Crippen LogP contribution in [0.2, 0.25) is 0 Å². The minimum atomic E-state index is 0. The summed E-state index contributed by atoms with van der Waals surface area (Å²) < 4.78 is 7.74. The number of hydrogen-bond donors (Lipinski definition) is 1. The second-order valence-electron chi connectivity index (χ2n) is 6.23. The van der Waals surface area contributed by atoms with Crippen molar-refractivity contribution in [3.05, 3.63) is 18.2 Å². The van der Waals surface area contributed by atoms with Gasteiger partial charge in [0, 0.05) is 52.1 Å². The van der Waals surface area contributed by atoms with Crippen LogP contribution in [0.4, 0.5) is 0 Å². The maximum atomic E-state index is 12.7. The van der Waals surface area contributed by atoms with Crippen LogP contribution in [0.5, 0.6) is 0 Å². The lowest BCUT2D eigenvalue weighted by atomic mass is 10.0. The molecule has 3 rings (SSSR count). The lowest BCUT2D eigenvalue weighted by Gasteiger charge is -2.36. The predicted molar refractivity (Wildman–Crippen MR) is 90.6 cm³/mol. The molecule has 7 heteroatoms. The Hall–Kier alpha value is -1.11. The molecule has 2 saturated heterocycles. The summed E-state index contributed by atoms with van der Waals surface area (Å²) in [6, 6.07) is 0.0357. The summed E-state index contributed by atoms with van der Waals surface area (Å²) in [5, 5.41) is 3.37. The van der Waals surface area contributed by atoms with E-state index < -0.39 is 0 Å². The summed E-state index contributed by atoms with van der Waals surface area (Å²) in [7, 11) is 1.98. The third kappa shape index (κ3) is 4.46. The van der Waals surface area contributed by atoms with Crippen molar-refractivity contribution in [3.8, 4) is 0 Å². The summed E-state index contributed by atoms with van der Waals surface area (Å²) in [4.78, 5) is 19.1. The Balaban J connectivity index is 0.00000192. The summed E-state index contributed by atoms with van der Waals surface area (Å²) >= 11 is 0. The SMILES string of the molecule is Cl.Cn1ccnc1C1CNCCN1C(=O)CCC1CCCCO1. The molecule has 23 heavy (non-hydrogen) atoms. The van der Waals surface area contributed by atoms with E-state index >= 15 is 0 Å². The second-order valence-corrected chi connectivity index (χ2v) is 6.23. The summed E-state index contributed by atoms with van der Waals surface area (Å²) in [5.41, 5.74) is 0. The lowest BCUT2D eigenvalue weighted by Crippen LogP contribution is -2.49. The number of hydrogen-bond acceptors (Lipinski definition) is 4. The molecule has 1 amide bonds. The van der Waals surface area contributed by atoms with Crippen molar-refractivity contribution in [3.63, 3.8) is 0 Å². The number of aryl methyl sites for hydroxylation is 1. The van der Waals surface area contributed by atoms with E-state index in [0.29, 0.717) is 6.42 Å². The van der Waals surface area contributed by atoms with Crippen LogP contribution in [-0.2, 0) is 16.6 Å². The lowest BCUT2D eigenvalue weighted by molar-refractivity contribution is -0.135. The zero-order valence-corrected chi connectivity index (χ0v) is 14.6. The van der Waals surface area contributed by atoms with Crippen LogP contribution in [0, 0.1) is 0 Å². The first kappa shape index (κ1) is 18.2. The number of rotatable bonds is 4. The minimum absolute atomic E-state index is 0. The number of amides is 1. The molecule has 2 aliphatic heterocycles. The molecule has 1 aromatic rings. The van der Waals surface area contributed by atoms with Gasteiger partial charge in [-0.25, -0.2) is 4.98 Å². The Kier molecular flexibility index (Phi) is 6.87. The molecule has 3 heterocycles. The average Bonchev–Trinajstić information content (AvgIpc) is 2.99. The van der Waals surface area contributed by atoms with Gasteiger partial charge < -0.3 is 19.5 Å². The monoisotopic (exact) mass is 342 g/mol. The van der Waals surface area contributed by atoms with Gasteiger partial charge >= 0.3 is 0 Å². The number of halogens is 1. The van der Waals surface area contributed by atoms with E-state index in [1.54, 1.807) is 6.20 Å². The van der Waals surface area contributed by atoms with Crippen LogP contribution in [0.15, 0.2) is 12.4 Å². The van der Waals surface area contributed by atoms with E-state index in [1.807, 2.05) is 22.7 Å². The molecule has 0 aliphatic carbocycles. The van der Waals surface area contributed by atoms with Gasteiger partial charge in [0.15, 0.2) is 0 Å². The zero-order chi connectivity index (χ0) is 15.4. The molecule has 2 aliphatic rings. The molecule has 6 nitrogen and oxygen atoms in total. The third-order valence-corrected chi connectivity index (χ3v) is 4.67. The third-order valence-electron chi connectivity index (χ3n) is 4.67. The standard InChI is InChI=1S/C16H26N4O2.ClH/c1-19-9-8-18-16(19)14-12-17-7-10-20(14)15(21)6-5-13-4-2-3-11-22-13;/h8-9,13-14,17H,2-7,10-12H2,1H3;1H. The quantitative estimate of drug-likeness (QED) is 0.904. The fraction of sp³-hybridized carbons (Fsp3) is 0.750. The van der Waals surface area contributed by atoms with E-state index in [4.69, 9.17) is 4.74 Å². The van der Waals surface area contributed by atoms with Gasteiger partial charge in [-0.3, -0.25) is 4.79 Å². The molecule has 0 aromatic carbocycles. The summed E-state index contributed by atoms with van der Waals surface area (Å²) in [6.45, 7) is 3.23. The Labute approximate surface area is 144 Å². The second kappa shape index (κ2) is 8.66. The van der Waals surface area contributed by atoms with Crippen molar-refractivity contribution < 1.29 is 9.53 Å². The molecular weight excluding hydrogens is 316 g/mol. The Morgan fingerprint density at radius 1 is 1.48 bits per heavy atom. The zero-order valence-electron chi connectivity index (χ0n) is 13.7. The first-order chi connectivity index (χ1) is 10.8. The predicted octanol–water partition coefficient (Wildman–Crippen LogP) is 1.66. The number of carbonyl (C=O) groups is 1. The molecular formula is C16H27ClN4O2. The fourth-order valence-electron chi connectivity index (χ4n) is 3.39. The van der Waals surface area contributed by atoms with E-state index in [9.17, 15) is 4.79 Å². The van der Waals surface area contributed by atoms with Crippen LogP contribution in [0.25, 0.3) is 0 Å². The Morgan fingerprint density at radius 3 is 3.04 bits per heavy atom. The van der Waals surface area contributed by atoms with Crippen molar-refractivity contribution in [2.75, 3.05) is 26.2 Å². The molecule has 0 spiro atoms. The minimum Gasteiger partial charge on any atom is -0.378 e. The van der Waals surface area contributed by atoms with Crippen LogP contribution >= 0.6 is 12.4 Å². The van der Waals surface area contributed by atoms with Crippen LogP contribution in [0.3, 0.4) is 0 Å². The van der Waals surface area contributed by atoms with Crippen molar-refractivity contribution in [1.29, 1.82) is 0 Å². The van der Waals surface area contributed by atoms with Gasteiger partial charge in [-0.2, -0.15) is 0 Å². The van der Waals surface area contributed by atoms with Gasteiger partial charge in [-0.05, 0) is 25.7 Å². The number of piperazine rings is 1. The number of carbonyl (C=O) groups excluding carboxylic acids is 1. The fourth-order valence-corrected chi connectivity index (χ4v) is 3.39. The molecule has 2 unspecified atom stereocenters. The normalized spacial score (nSPS) is 25.0. The number of nitrogens with zero attached hydrogens (tertiary/aromatic N) is 3. The van der Waals surface area contributed by atoms with Crippen molar-refractivity contribution >= 4 is 18.3 Å². The number of nitrogens with one attached hydrogen (secondary N) is 1. The van der Waals surface area contributed by atoms with E-state index in [0.717, 1.165) is 51.3 Å². The van der Waals surface area contributed by atoms with Gasteiger partial charge in [-0.15, -0.1) is 12.4 Å². The van der Waals surface area contributed by atoms with Crippen LogP contribution in [-0.4, -0.2) is 52.7 Å². The van der Waals surface area contributed by atoms with Gasteiger partial charge in [0.25, 0.3) is 0 Å². The topological polar surface area (TPSA) is 59.4 Å². The van der Waals surface area contributed by atoms with E-state index in [2.05, 4.69) is 10.3 Å². The maximum Gasteiger partial charge on any atom is 0.223 e. The van der Waals surface area contributed by atoms with Crippen LogP contribution < -0.4 is 5.32 Å². The highest BCUT2D eigenvalue weighted by atomic mass is 35.5. The van der Waals surface area contributed by atoms with Crippen LogP contribution in [0.1, 0.15) is 44.0 Å². The van der Waals surface area contributed by atoms with Gasteiger partial charge in [0.05, 0.1) is 6.10 Å². The van der Waals surface area contributed by atoms with Crippen molar-refractivity contribution in [1.82, 2.24) is 19.8 Å². The van der Waals surface area contributed by atoms with E-state index in [1.165, 1.54) is 6.42 Å². The largest absolute Gasteiger partial charge is 0.378 e. The molecule has 130 valence electrons. The van der Waals surface area contributed by atoms with Gasteiger partial charge in [0.1, 0.15) is 11.9 Å². The summed E-state index contributed by atoms with van der Waals surface area (Å²) in [6.07, 6.45) is 8.89. The number of aromatic nitrogens is 2. The molecule has 0 saturated carbocycles. The Bertz CT molecular complexity index is 502. The number of imidazole rings is 1. The van der Waals surface area contributed by atoms with E-state index in [-0.39, 0.29) is 30.5 Å². The Morgan fingerprint density at radius 2 is 2.35 bits per heavy atom. The maximum absolute atomic E-state index is 12.7. The molecule has 1 N–H and O–H groups in total. The molecule has 1 aromatic heterocycles. The first-order valence-electron chi connectivity index (χ1n) is 8.34. The molecule has 2 atom stereocenters. The highest BCUT2D eigenvalue weighted by Crippen LogP contribution is 2.23. The smallest absolute Gasteiger partial charge is 0.223 e. The molecule has 2 fully saturated rings. The van der Waals surface area contributed by atoms with Gasteiger partial charge in [-0.1, -0.05) is 0 Å². The number of ether oxygens (including phenoxy) is 1. The highest BCUT2D eigenvalue weighted by molar-refractivity contribution is 5.85. The average molecular weight is 343 g/mol. The highest BCUT2D eigenvalue weighted by Gasteiger charge is 2.30. The molecule has 0 bridgehead atoms. The van der Waals surface area contributed by atoms with Gasteiger partial charge in [0.2, 0.25) is 5.91 Å². The van der Waals surface area contributed by atoms with Crippen molar-refractivity contribution in [2.24, 2.45) is 7.05 Å². The first-order valence-corrected chi connectivity index (χ1v) is 8.34. The molecule has 0 radical (unpaired) electrons.